The molecule has 1 heterocycles. The molecule has 0 aromatic heterocycles. The number of nitrogens with one attached hydrogen (secondary N) is 3. The average Bonchev–Trinajstić information content (AvgIpc) is 3.80. The predicted octanol–water partition coefficient (Wildman–Crippen LogP) is 2.69. The van der Waals surface area contributed by atoms with Gasteiger partial charge in [0.25, 0.3) is 5.91 Å². The van der Waals surface area contributed by atoms with Crippen LogP contribution < -0.4 is 21.7 Å². The van der Waals surface area contributed by atoms with Gasteiger partial charge in [-0.15, -0.1) is 0 Å². The van der Waals surface area contributed by atoms with Crippen LogP contribution in [0.1, 0.15) is 106 Å². The second-order valence-corrected chi connectivity index (χ2v) is 19.1. The van der Waals surface area contributed by atoms with Crippen molar-refractivity contribution in [3.8, 4) is 0 Å². The summed E-state index contributed by atoms with van der Waals surface area (Å²) in [7, 11) is -3.44. The molecule has 3 aliphatic carbocycles. The van der Waals surface area contributed by atoms with Crippen molar-refractivity contribution in [2.45, 2.75) is 130 Å². The predicted molar refractivity (Wildman–Crippen MR) is 179 cm³/mol. The van der Waals surface area contributed by atoms with E-state index in [-0.39, 0.29) is 40.6 Å². The fraction of sp³-hybridized carbons (Fsp3) is 0.853. The van der Waals surface area contributed by atoms with Gasteiger partial charge in [0.15, 0.2) is 9.84 Å². The molecule has 4 rings (SSSR count). The SMILES string of the molecule is CC(C)CCS(=O)(=O)CC1(NC(=O)N[C@H](C(=O)N2CC3[C@@H]([C@H]2C(=O)NC(CC2CC2)C(=O)C(N)=O)C3(C)C)C(C)(C)C)CCCCC1. The molecular formula is C34H57N5O7S. The Balaban J connectivity index is 1.52. The third kappa shape index (κ3) is 8.86. The first-order valence-corrected chi connectivity index (χ1v) is 19.2. The van der Waals surface area contributed by atoms with Crippen molar-refractivity contribution in [2.75, 3.05) is 18.1 Å². The van der Waals surface area contributed by atoms with Crippen molar-refractivity contribution in [1.82, 2.24) is 20.9 Å². The number of likely N-dealkylation sites (tertiary alicyclic amines) is 1. The fourth-order valence-electron chi connectivity index (χ4n) is 7.83. The standard InChI is InChI=1S/C34H57N5O7S/c1-20(2)13-16-47(45,46)19-34(14-9-8-10-15-34)38-31(44)37-27(32(3,4)5)30(43)39-18-22-24(33(22,6)7)25(39)29(42)36-23(17-21-11-12-21)26(40)28(35)41/h20-25,27H,8-19H2,1-7H3,(H2,35,41)(H,36,42)(H2,37,38,44)/t22?,23?,24-,25-,27+/m0/s1. The summed E-state index contributed by atoms with van der Waals surface area (Å²) in [6.45, 7) is 13.9. The number of hydrogen-bond donors (Lipinski definition) is 4. The summed E-state index contributed by atoms with van der Waals surface area (Å²) in [6.07, 6.45) is 6.33. The highest BCUT2D eigenvalue weighted by Gasteiger charge is 2.70. The number of ketones is 1. The zero-order chi connectivity index (χ0) is 35.1. The lowest BCUT2D eigenvalue weighted by atomic mass is 9.83. The number of rotatable bonds is 14. The van der Waals surface area contributed by atoms with Gasteiger partial charge in [0.2, 0.25) is 17.6 Å². The summed E-state index contributed by atoms with van der Waals surface area (Å²) in [5, 5.41) is 8.65. The minimum atomic E-state index is -3.44. The van der Waals surface area contributed by atoms with E-state index in [0.717, 1.165) is 32.1 Å². The van der Waals surface area contributed by atoms with Crippen molar-refractivity contribution in [2.24, 2.45) is 40.2 Å². The topological polar surface area (TPSA) is 185 Å². The molecule has 5 N–H and O–H groups in total. The lowest BCUT2D eigenvalue weighted by molar-refractivity contribution is -0.145. The van der Waals surface area contributed by atoms with Crippen LogP contribution in [0.5, 0.6) is 0 Å². The Morgan fingerprint density at radius 2 is 1.60 bits per heavy atom. The maximum Gasteiger partial charge on any atom is 0.315 e. The molecule has 0 radical (unpaired) electrons. The van der Waals surface area contributed by atoms with Crippen LogP contribution in [0.2, 0.25) is 0 Å². The van der Waals surface area contributed by atoms with Gasteiger partial charge < -0.3 is 26.6 Å². The first-order chi connectivity index (χ1) is 21.7. The smallest absolute Gasteiger partial charge is 0.315 e. The molecule has 0 spiro atoms. The molecule has 2 unspecified atom stereocenters. The number of sulfone groups is 1. The van der Waals surface area contributed by atoms with E-state index in [9.17, 15) is 32.4 Å². The molecule has 3 saturated carbocycles. The number of nitrogens with two attached hydrogens (primary N) is 1. The van der Waals surface area contributed by atoms with E-state index in [0.29, 0.717) is 32.2 Å². The molecule has 266 valence electrons. The van der Waals surface area contributed by atoms with Crippen molar-refractivity contribution in [3.63, 3.8) is 0 Å². The summed E-state index contributed by atoms with van der Waals surface area (Å²) in [6, 6.07) is -3.56. The van der Waals surface area contributed by atoms with Crippen LogP contribution in [0.3, 0.4) is 0 Å². The summed E-state index contributed by atoms with van der Waals surface area (Å²) >= 11 is 0. The number of piperidine rings is 1. The summed E-state index contributed by atoms with van der Waals surface area (Å²) in [4.78, 5) is 67.8. The Hall–Kier alpha value is -2.70. The maximum atomic E-state index is 14.4. The van der Waals surface area contributed by atoms with Gasteiger partial charge in [-0.25, -0.2) is 13.2 Å². The van der Waals surface area contributed by atoms with Crippen LogP contribution >= 0.6 is 0 Å². The molecule has 1 saturated heterocycles. The highest BCUT2D eigenvalue weighted by atomic mass is 32.2. The average molecular weight is 680 g/mol. The van der Waals surface area contributed by atoms with Crippen molar-refractivity contribution in [1.29, 1.82) is 0 Å². The second-order valence-electron chi connectivity index (χ2n) is 16.9. The molecule has 4 aliphatic rings. The molecule has 5 amide bonds. The zero-order valence-corrected chi connectivity index (χ0v) is 30.1. The van der Waals surface area contributed by atoms with Crippen LogP contribution in [0.25, 0.3) is 0 Å². The molecule has 0 aromatic carbocycles. The number of fused-ring (bicyclic) bond motifs is 1. The van der Waals surface area contributed by atoms with Crippen LogP contribution in [0, 0.1) is 34.5 Å². The number of carbonyl (C=O) groups excluding carboxylic acids is 5. The zero-order valence-electron chi connectivity index (χ0n) is 29.3. The van der Waals surface area contributed by atoms with Gasteiger partial charge >= 0.3 is 6.03 Å². The number of Topliss-reactive ketones (excluding diaryl/α,β-unsaturated/α-hetero) is 1. The van der Waals surface area contributed by atoms with Gasteiger partial charge in [-0.2, -0.15) is 0 Å². The van der Waals surface area contributed by atoms with Crippen molar-refractivity contribution < 1.29 is 32.4 Å². The van der Waals surface area contributed by atoms with Gasteiger partial charge in [-0.3, -0.25) is 19.2 Å². The van der Waals surface area contributed by atoms with Crippen LogP contribution in [-0.4, -0.2) is 84.6 Å². The molecule has 4 fully saturated rings. The largest absolute Gasteiger partial charge is 0.363 e. The Bertz CT molecular complexity index is 1340. The van der Waals surface area contributed by atoms with E-state index in [2.05, 4.69) is 16.0 Å². The number of primary amides is 1. The van der Waals surface area contributed by atoms with Crippen LogP contribution in [-0.2, 0) is 29.0 Å². The fourth-order valence-corrected chi connectivity index (χ4v) is 10.0. The first kappa shape index (κ1) is 37.1. The lowest BCUT2D eigenvalue weighted by Gasteiger charge is -2.40. The van der Waals surface area contributed by atoms with E-state index in [4.69, 9.17) is 5.73 Å². The van der Waals surface area contributed by atoms with Crippen LogP contribution in [0.4, 0.5) is 4.79 Å². The van der Waals surface area contributed by atoms with Crippen LogP contribution in [0.15, 0.2) is 0 Å². The molecule has 0 aromatic rings. The molecular weight excluding hydrogens is 622 g/mol. The molecule has 1 aliphatic heterocycles. The quantitative estimate of drug-likeness (QED) is 0.203. The summed E-state index contributed by atoms with van der Waals surface area (Å²) in [5.74, 6) is -2.56. The molecule has 13 heteroatoms. The molecule has 47 heavy (non-hydrogen) atoms. The van der Waals surface area contributed by atoms with Gasteiger partial charge in [-0.05, 0) is 60.2 Å². The van der Waals surface area contributed by atoms with E-state index in [1.807, 2.05) is 48.5 Å². The normalized spacial score (nSPS) is 26.1. The summed E-state index contributed by atoms with van der Waals surface area (Å²) in [5.41, 5.74) is 3.43. The third-order valence-corrected chi connectivity index (χ3v) is 12.8. The van der Waals surface area contributed by atoms with E-state index < -0.39 is 68.5 Å². The van der Waals surface area contributed by atoms with Gasteiger partial charge in [0.1, 0.15) is 12.1 Å². The van der Waals surface area contributed by atoms with Crippen molar-refractivity contribution in [3.05, 3.63) is 0 Å². The highest BCUT2D eigenvalue weighted by Crippen LogP contribution is 2.65. The minimum absolute atomic E-state index is 0.0580. The number of urea groups is 1. The number of nitrogens with zero attached hydrogens (tertiary/aromatic N) is 1. The van der Waals surface area contributed by atoms with Gasteiger partial charge in [0, 0.05) is 6.54 Å². The number of carbonyl (C=O) groups is 5. The van der Waals surface area contributed by atoms with E-state index in [1.54, 1.807) is 0 Å². The van der Waals surface area contributed by atoms with Gasteiger partial charge in [0.05, 0.1) is 23.1 Å². The number of hydrogen-bond acceptors (Lipinski definition) is 7. The highest BCUT2D eigenvalue weighted by molar-refractivity contribution is 7.91. The third-order valence-electron chi connectivity index (χ3n) is 11.0. The minimum Gasteiger partial charge on any atom is -0.363 e. The monoisotopic (exact) mass is 679 g/mol. The van der Waals surface area contributed by atoms with Gasteiger partial charge in [-0.1, -0.05) is 80.6 Å². The van der Waals surface area contributed by atoms with E-state index >= 15 is 0 Å². The Morgan fingerprint density at radius 3 is 2.13 bits per heavy atom. The maximum absolute atomic E-state index is 14.4. The molecule has 0 bridgehead atoms. The Morgan fingerprint density at radius 1 is 0.979 bits per heavy atom. The molecule has 12 nitrogen and oxygen atoms in total. The Labute approximate surface area is 280 Å². The Kier molecular flexibility index (Phi) is 10.8. The summed E-state index contributed by atoms with van der Waals surface area (Å²) < 4.78 is 26.3. The molecule has 5 atom stereocenters. The van der Waals surface area contributed by atoms with E-state index in [1.165, 1.54) is 4.90 Å². The first-order valence-electron chi connectivity index (χ1n) is 17.4. The number of amides is 5. The lowest BCUT2D eigenvalue weighted by Crippen LogP contribution is -2.64. The van der Waals surface area contributed by atoms with Crippen molar-refractivity contribution >= 4 is 39.4 Å². The second kappa shape index (κ2) is 13.7.